The number of phenols is 1. The molecule has 0 fully saturated rings. The van der Waals surface area contributed by atoms with Gasteiger partial charge >= 0.3 is 0 Å². The number of rotatable bonds is 5. The van der Waals surface area contributed by atoms with Crippen LogP contribution in [-0.2, 0) is 0 Å². The molecule has 2 rings (SSSR count). The van der Waals surface area contributed by atoms with Gasteiger partial charge in [0.2, 0.25) is 0 Å². The summed E-state index contributed by atoms with van der Waals surface area (Å²) in [5, 5.41) is 18.4. The van der Waals surface area contributed by atoms with Crippen molar-refractivity contribution in [1.82, 2.24) is 0 Å². The Morgan fingerprint density at radius 3 is 2.64 bits per heavy atom. The zero-order valence-electron chi connectivity index (χ0n) is 12.1. The van der Waals surface area contributed by atoms with Crippen LogP contribution in [0.25, 0.3) is 6.08 Å². The SMILES string of the molecule is CCOc1cc(C=CC(=O)c2ccc(C#N)cc2)ccc1O. The Morgan fingerprint density at radius 2 is 2.00 bits per heavy atom. The fraction of sp³-hybridized carbons (Fsp3) is 0.111. The van der Waals surface area contributed by atoms with E-state index in [0.717, 1.165) is 5.56 Å². The number of ether oxygens (including phenoxy) is 1. The first-order valence-corrected chi connectivity index (χ1v) is 6.82. The summed E-state index contributed by atoms with van der Waals surface area (Å²) < 4.78 is 5.29. The van der Waals surface area contributed by atoms with Gasteiger partial charge in [-0.2, -0.15) is 5.26 Å². The fourth-order valence-corrected chi connectivity index (χ4v) is 1.88. The van der Waals surface area contributed by atoms with E-state index in [-0.39, 0.29) is 11.5 Å². The molecule has 22 heavy (non-hydrogen) atoms. The first-order valence-electron chi connectivity index (χ1n) is 6.82. The Kier molecular flexibility index (Phi) is 4.94. The van der Waals surface area contributed by atoms with Crippen LogP contribution in [0.15, 0.2) is 48.5 Å². The van der Waals surface area contributed by atoms with Crippen LogP contribution in [0.1, 0.15) is 28.4 Å². The molecule has 0 aliphatic rings. The number of carbonyl (C=O) groups excluding carboxylic acids is 1. The molecule has 0 atom stereocenters. The fourth-order valence-electron chi connectivity index (χ4n) is 1.88. The molecule has 110 valence electrons. The number of nitriles is 1. The molecule has 0 radical (unpaired) electrons. The summed E-state index contributed by atoms with van der Waals surface area (Å²) in [5.74, 6) is 0.295. The van der Waals surface area contributed by atoms with Gasteiger partial charge in [-0.3, -0.25) is 4.79 Å². The molecule has 0 saturated carbocycles. The van der Waals surface area contributed by atoms with Gasteiger partial charge in [0.05, 0.1) is 18.2 Å². The highest BCUT2D eigenvalue weighted by atomic mass is 16.5. The van der Waals surface area contributed by atoms with Gasteiger partial charge in [0.15, 0.2) is 17.3 Å². The van der Waals surface area contributed by atoms with E-state index in [1.54, 1.807) is 42.5 Å². The van der Waals surface area contributed by atoms with E-state index in [4.69, 9.17) is 10.00 Å². The quantitative estimate of drug-likeness (QED) is 0.676. The van der Waals surface area contributed by atoms with Crippen LogP contribution in [0.4, 0.5) is 0 Å². The second-order valence-corrected chi connectivity index (χ2v) is 4.55. The molecule has 0 aliphatic heterocycles. The lowest BCUT2D eigenvalue weighted by Crippen LogP contribution is -1.94. The van der Waals surface area contributed by atoms with E-state index < -0.39 is 0 Å². The average Bonchev–Trinajstić information content (AvgIpc) is 2.55. The predicted octanol–water partition coefficient (Wildman–Crippen LogP) is 3.56. The van der Waals surface area contributed by atoms with E-state index in [1.807, 2.05) is 13.0 Å². The first kappa shape index (κ1) is 15.3. The molecule has 0 amide bonds. The van der Waals surface area contributed by atoms with Crippen molar-refractivity contribution in [2.45, 2.75) is 6.92 Å². The van der Waals surface area contributed by atoms with Crippen molar-refractivity contribution < 1.29 is 14.6 Å². The predicted molar refractivity (Wildman–Crippen MR) is 83.8 cm³/mol. The minimum atomic E-state index is -0.157. The molecule has 2 aromatic carbocycles. The third-order valence-corrected chi connectivity index (χ3v) is 3.01. The second kappa shape index (κ2) is 7.09. The molecule has 0 spiro atoms. The molecule has 0 heterocycles. The number of allylic oxidation sites excluding steroid dienone is 1. The normalized spacial score (nSPS) is 10.4. The Labute approximate surface area is 128 Å². The van der Waals surface area contributed by atoms with Crippen molar-refractivity contribution in [3.05, 3.63) is 65.2 Å². The highest BCUT2D eigenvalue weighted by Gasteiger charge is 2.04. The summed E-state index contributed by atoms with van der Waals surface area (Å²) in [5.41, 5.74) is 1.78. The second-order valence-electron chi connectivity index (χ2n) is 4.55. The maximum atomic E-state index is 12.0. The Bertz CT molecular complexity index is 740. The summed E-state index contributed by atoms with van der Waals surface area (Å²) in [4.78, 5) is 12.0. The zero-order valence-corrected chi connectivity index (χ0v) is 12.1. The number of hydrogen-bond acceptors (Lipinski definition) is 4. The summed E-state index contributed by atoms with van der Waals surface area (Å²) in [6.07, 6.45) is 3.10. The van der Waals surface area contributed by atoms with Crippen molar-refractivity contribution in [1.29, 1.82) is 5.26 Å². The van der Waals surface area contributed by atoms with Gasteiger partial charge in [-0.05, 0) is 55.0 Å². The number of hydrogen-bond donors (Lipinski definition) is 1. The van der Waals surface area contributed by atoms with Crippen LogP contribution < -0.4 is 4.74 Å². The van der Waals surface area contributed by atoms with Crippen LogP contribution in [0.3, 0.4) is 0 Å². The summed E-state index contributed by atoms with van der Waals surface area (Å²) in [6.45, 7) is 2.28. The number of carbonyl (C=O) groups is 1. The molecule has 0 unspecified atom stereocenters. The van der Waals surface area contributed by atoms with E-state index in [9.17, 15) is 9.90 Å². The molecule has 0 bridgehead atoms. The third-order valence-electron chi connectivity index (χ3n) is 3.01. The van der Waals surface area contributed by atoms with E-state index in [1.165, 1.54) is 12.1 Å². The largest absolute Gasteiger partial charge is 0.504 e. The maximum Gasteiger partial charge on any atom is 0.185 e. The minimum absolute atomic E-state index is 0.0671. The number of phenolic OH excluding ortho intramolecular Hbond substituents is 1. The van der Waals surface area contributed by atoms with Crippen LogP contribution in [-0.4, -0.2) is 17.5 Å². The van der Waals surface area contributed by atoms with Crippen molar-refractivity contribution in [2.24, 2.45) is 0 Å². The Morgan fingerprint density at radius 1 is 1.27 bits per heavy atom. The van der Waals surface area contributed by atoms with Crippen molar-refractivity contribution in [3.63, 3.8) is 0 Å². The van der Waals surface area contributed by atoms with Gasteiger partial charge in [0.25, 0.3) is 0 Å². The molecular formula is C18H15NO3. The van der Waals surface area contributed by atoms with E-state index >= 15 is 0 Å². The van der Waals surface area contributed by atoms with E-state index in [0.29, 0.717) is 23.5 Å². The van der Waals surface area contributed by atoms with Crippen molar-refractivity contribution in [3.8, 4) is 17.6 Å². The van der Waals surface area contributed by atoms with E-state index in [2.05, 4.69) is 0 Å². The molecule has 0 aromatic heterocycles. The maximum absolute atomic E-state index is 12.0. The van der Waals surface area contributed by atoms with Gasteiger partial charge < -0.3 is 9.84 Å². The number of nitrogens with zero attached hydrogens (tertiary/aromatic N) is 1. The molecule has 2 aromatic rings. The lowest BCUT2D eigenvalue weighted by Gasteiger charge is -2.06. The Balaban J connectivity index is 2.15. The molecule has 0 aliphatic carbocycles. The molecular weight excluding hydrogens is 278 g/mol. The highest BCUT2D eigenvalue weighted by Crippen LogP contribution is 2.27. The topological polar surface area (TPSA) is 70.3 Å². The molecule has 4 heteroatoms. The number of aromatic hydroxyl groups is 1. The van der Waals surface area contributed by atoms with Crippen molar-refractivity contribution >= 4 is 11.9 Å². The lowest BCUT2D eigenvalue weighted by atomic mass is 10.1. The number of benzene rings is 2. The minimum Gasteiger partial charge on any atom is -0.504 e. The zero-order chi connectivity index (χ0) is 15.9. The van der Waals surface area contributed by atoms with Crippen LogP contribution in [0, 0.1) is 11.3 Å². The lowest BCUT2D eigenvalue weighted by molar-refractivity contribution is 0.104. The molecule has 0 saturated heterocycles. The monoisotopic (exact) mass is 293 g/mol. The highest BCUT2D eigenvalue weighted by molar-refractivity contribution is 6.06. The van der Waals surface area contributed by atoms with Gasteiger partial charge in [0, 0.05) is 5.56 Å². The smallest absolute Gasteiger partial charge is 0.185 e. The van der Waals surface area contributed by atoms with Gasteiger partial charge in [0.1, 0.15) is 0 Å². The summed E-state index contributed by atoms with van der Waals surface area (Å²) in [7, 11) is 0. The molecule has 1 N–H and O–H groups in total. The average molecular weight is 293 g/mol. The Hall–Kier alpha value is -3.06. The standard InChI is InChI=1S/C18H15NO3/c1-2-22-18-11-13(6-10-17(18)21)5-9-16(20)15-7-3-14(12-19)4-8-15/h3-11,21H,2H2,1H3. The summed E-state index contributed by atoms with van der Waals surface area (Å²) >= 11 is 0. The van der Waals surface area contributed by atoms with Crippen molar-refractivity contribution in [2.75, 3.05) is 6.61 Å². The summed E-state index contributed by atoms with van der Waals surface area (Å²) in [6, 6.07) is 13.3. The first-order chi connectivity index (χ1) is 10.6. The number of ketones is 1. The van der Waals surface area contributed by atoms with Crippen LogP contribution in [0.5, 0.6) is 11.5 Å². The van der Waals surface area contributed by atoms with Gasteiger partial charge in [-0.15, -0.1) is 0 Å². The molecule has 4 nitrogen and oxygen atoms in total. The van der Waals surface area contributed by atoms with Crippen LogP contribution >= 0.6 is 0 Å². The third kappa shape index (κ3) is 3.74. The van der Waals surface area contributed by atoms with Gasteiger partial charge in [-0.1, -0.05) is 12.1 Å². The van der Waals surface area contributed by atoms with Crippen LogP contribution in [0.2, 0.25) is 0 Å². The van der Waals surface area contributed by atoms with Gasteiger partial charge in [-0.25, -0.2) is 0 Å².